The Balaban J connectivity index is 2.08. The van der Waals surface area contributed by atoms with Gasteiger partial charge in [0.25, 0.3) is 0 Å². The zero-order chi connectivity index (χ0) is 14.6. The molecule has 0 aromatic carbocycles. The fourth-order valence-electron chi connectivity index (χ4n) is 1.47. The number of nitrogens with zero attached hydrogens (tertiary/aromatic N) is 4. The maximum atomic E-state index is 5.70. The van der Waals surface area contributed by atoms with Gasteiger partial charge in [0.15, 0.2) is 5.75 Å². The van der Waals surface area contributed by atoms with Crippen LogP contribution in [0.4, 0.5) is 0 Å². The van der Waals surface area contributed by atoms with E-state index in [1.54, 1.807) is 23.6 Å². The van der Waals surface area contributed by atoms with Gasteiger partial charge in [0.2, 0.25) is 0 Å². The normalized spacial score (nSPS) is 17.9. The third kappa shape index (κ3) is 4.51. The highest BCUT2D eigenvalue weighted by atomic mass is 32.5. The van der Waals surface area contributed by atoms with E-state index in [1.165, 1.54) is 12.8 Å². The maximum Gasteiger partial charge on any atom is 0.362 e. The lowest BCUT2D eigenvalue weighted by Gasteiger charge is -2.18. The first kappa shape index (κ1) is 15.4. The van der Waals surface area contributed by atoms with Crippen LogP contribution in [0, 0.1) is 0 Å². The zero-order valence-corrected chi connectivity index (χ0v) is 13.6. The molecule has 20 heavy (non-hydrogen) atoms. The summed E-state index contributed by atoms with van der Waals surface area (Å²) in [5.41, 5.74) is 0. The second kappa shape index (κ2) is 6.61. The first-order chi connectivity index (χ1) is 9.52. The lowest BCUT2D eigenvalue weighted by Crippen LogP contribution is -2.08. The van der Waals surface area contributed by atoms with E-state index in [0.29, 0.717) is 18.3 Å². The molecule has 1 aromatic heterocycles. The van der Waals surface area contributed by atoms with Crippen LogP contribution in [-0.2, 0) is 16.3 Å². The number of hydrogen-bond acceptors (Lipinski definition) is 5. The first-order valence-electron chi connectivity index (χ1n) is 6.50. The lowest BCUT2D eigenvalue weighted by molar-refractivity contribution is 0.331. The van der Waals surface area contributed by atoms with Crippen molar-refractivity contribution in [2.24, 2.45) is 4.76 Å². The van der Waals surface area contributed by atoms with Crippen molar-refractivity contribution in [2.45, 2.75) is 25.7 Å². The molecule has 1 aliphatic carbocycles. The number of hydrogen-bond donors (Lipinski definition) is 0. The molecule has 110 valence electrons. The molecule has 8 heteroatoms. The van der Waals surface area contributed by atoms with Crippen LogP contribution in [0.15, 0.2) is 17.2 Å². The second-order valence-electron chi connectivity index (χ2n) is 4.72. The van der Waals surface area contributed by atoms with Gasteiger partial charge in [-0.3, -0.25) is 0 Å². The van der Waals surface area contributed by atoms with Crippen LogP contribution in [0.3, 0.4) is 0 Å². The summed E-state index contributed by atoms with van der Waals surface area (Å²) in [4.78, 5) is 10.4. The SMILES string of the molecule is CCOP(=S)(N=CN(C)C)Oc1cnc(C2CC2)nc1. The van der Waals surface area contributed by atoms with Crippen molar-refractivity contribution in [1.29, 1.82) is 0 Å². The molecule has 1 fully saturated rings. The van der Waals surface area contributed by atoms with Crippen LogP contribution in [0.2, 0.25) is 0 Å². The largest absolute Gasteiger partial charge is 0.424 e. The van der Waals surface area contributed by atoms with E-state index >= 15 is 0 Å². The van der Waals surface area contributed by atoms with Gasteiger partial charge < -0.3 is 13.9 Å². The molecule has 0 spiro atoms. The van der Waals surface area contributed by atoms with Gasteiger partial charge in [-0.05, 0) is 19.8 Å². The average Bonchev–Trinajstić information content (AvgIpc) is 3.22. The fourth-order valence-corrected chi connectivity index (χ4v) is 3.36. The van der Waals surface area contributed by atoms with Gasteiger partial charge >= 0.3 is 6.64 Å². The average molecular weight is 314 g/mol. The molecule has 1 unspecified atom stereocenters. The summed E-state index contributed by atoms with van der Waals surface area (Å²) < 4.78 is 15.4. The summed E-state index contributed by atoms with van der Waals surface area (Å²) in [6.07, 6.45) is 7.24. The molecular formula is C12H19N4O2PS. The quantitative estimate of drug-likeness (QED) is 0.438. The monoisotopic (exact) mass is 314 g/mol. The van der Waals surface area contributed by atoms with Crippen LogP contribution in [0.25, 0.3) is 0 Å². The smallest absolute Gasteiger partial charge is 0.362 e. The van der Waals surface area contributed by atoms with Gasteiger partial charge in [-0.2, -0.15) is 4.76 Å². The zero-order valence-electron chi connectivity index (χ0n) is 11.9. The Morgan fingerprint density at radius 2 is 2.10 bits per heavy atom. The van der Waals surface area contributed by atoms with Crippen molar-refractivity contribution in [1.82, 2.24) is 14.9 Å². The van der Waals surface area contributed by atoms with Gasteiger partial charge in [-0.1, -0.05) is 0 Å². The summed E-state index contributed by atoms with van der Waals surface area (Å²) in [5.74, 6) is 1.90. The Bertz CT molecular complexity index is 517. The van der Waals surface area contributed by atoms with Crippen molar-refractivity contribution in [3.05, 3.63) is 18.2 Å². The van der Waals surface area contributed by atoms with Crippen molar-refractivity contribution < 1.29 is 9.05 Å². The molecule has 0 radical (unpaired) electrons. The molecule has 0 bridgehead atoms. The molecule has 1 heterocycles. The van der Waals surface area contributed by atoms with Crippen LogP contribution in [-0.4, -0.2) is 41.9 Å². The topological polar surface area (TPSA) is 59.8 Å². The molecule has 1 aromatic rings. The molecule has 1 saturated carbocycles. The van der Waals surface area contributed by atoms with Gasteiger partial charge in [0.1, 0.15) is 5.82 Å². The van der Waals surface area contributed by atoms with Crippen LogP contribution in [0.5, 0.6) is 5.75 Å². The molecular weight excluding hydrogens is 295 g/mol. The van der Waals surface area contributed by atoms with Gasteiger partial charge in [0.05, 0.1) is 25.3 Å². The Kier molecular flexibility index (Phi) is 5.07. The summed E-state index contributed by atoms with van der Waals surface area (Å²) in [5, 5.41) is 0. The van der Waals surface area contributed by atoms with E-state index in [2.05, 4.69) is 14.7 Å². The predicted molar refractivity (Wildman–Crippen MR) is 82.7 cm³/mol. The van der Waals surface area contributed by atoms with Crippen molar-refractivity contribution >= 4 is 24.8 Å². The van der Waals surface area contributed by atoms with Crippen LogP contribution < -0.4 is 4.52 Å². The lowest BCUT2D eigenvalue weighted by atomic mass is 10.4. The van der Waals surface area contributed by atoms with Gasteiger partial charge in [-0.25, -0.2) is 9.97 Å². The van der Waals surface area contributed by atoms with E-state index in [-0.39, 0.29) is 0 Å². The molecule has 6 nitrogen and oxygen atoms in total. The van der Waals surface area contributed by atoms with Gasteiger partial charge in [-0.15, -0.1) is 0 Å². The van der Waals surface area contributed by atoms with E-state index in [9.17, 15) is 0 Å². The van der Waals surface area contributed by atoms with E-state index < -0.39 is 6.64 Å². The minimum Gasteiger partial charge on any atom is -0.424 e. The number of rotatable bonds is 7. The second-order valence-corrected chi connectivity index (χ2v) is 7.72. The minimum absolute atomic E-state index is 0.447. The van der Waals surface area contributed by atoms with Crippen molar-refractivity contribution in [3.8, 4) is 5.75 Å². The highest BCUT2D eigenvalue weighted by Gasteiger charge is 2.26. The molecule has 2 rings (SSSR count). The molecule has 0 saturated heterocycles. The van der Waals surface area contributed by atoms with Crippen LogP contribution in [0.1, 0.15) is 31.5 Å². The molecule has 0 N–H and O–H groups in total. The van der Waals surface area contributed by atoms with Crippen molar-refractivity contribution in [2.75, 3.05) is 20.7 Å². The summed E-state index contributed by atoms with van der Waals surface area (Å²) in [7, 11) is 3.73. The first-order valence-corrected chi connectivity index (χ1v) is 9.10. The Morgan fingerprint density at radius 1 is 1.45 bits per heavy atom. The fraction of sp³-hybridized carbons (Fsp3) is 0.583. The van der Waals surface area contributed by atoms with Crippen LogP contribution >= 0.6 is 6.64 Å². The van der Waals surface area contributed by atoms with E-state index in [0.717, 1.165) is 5.82 Å². The third-order valence-corrected chi connectivity index (χ3v) is 4.76. The minimum atomic E-state index is -2.74. The third-order valence-electron chi connectivity index (χ3n) is 2.53. The molecule has 1 atom stereocenters. The number of aromatic nitrogens is 2. The maximum absolute atomic E-state index is 5.70. The molecule has 0 aliphatic heterocycles. The summed E-state index contributed by atoms with van der Waals surface area (Å²) in [6.45, 7) is -0.426. The van der Waals surface area contributed by atoms with E-state index in [1.807, 2.05) is 21.0 Å². The summed E-state index contributed by atoms with van der Waals surface area (Å²) >= 11 is 5.38. The Labute approximate surface area is 124 Å². The van der Waals surface area contributed by atoms with Gasteiger partial charge in [0, 0.05) is 31.8 Å². The highest BCUT2D eigenvalue weighted by Crippen LogP contribution is 2.49. The Hall–Kier alpha value is -1.04. The molecule has 1 aliphatic rings. The van der Waals surface area contributed by atoms with E-state index in [4.69, 9.17) is 20.9 Å². The molecule has 0 amide bonds. The van der Waals surface area contributed by atoms with Crippen molar-refractivity contribution in [3.63, 3.8) is 0 Å². The Morgan fingerprint density at radius 3 is 2.60 bits per heavy atom. The highest BCUT2D eigenvalue weighted by molar-refractivity contribution is 8.09. The summed E-state index contributed by atoms with van der Waals surface area (Å²) in [6, 6.07) is 0. The predicted octanol–water partition coefficient (Wildman–Crippen LogP) is 2.58. The standard InChI is InChI=1S/C12H19N4O2PS/c1-4-17-19(20,15-9-16(2)3)18-11-7-13-12(14-8-11)10-5-6-10/h7-10H,4-6H2,1-3H3.